The van der Waals surface area contributed by atoms with E-state index in [0.29, 0.717) is 6.54 Å². The molecule has 0 bridgehead atoms. The zero-order valence-corrected chi connectivity index (χ0v) is 11.4. The molecule has 19 heavy (non-hydrogen) atoms. The Morgan fingerprint density at radius 3 is 2.53 bits per heavy atom. The van der Waals surface area contributed by atoms with Crippen LogP contribution in [0.1, 0.15) is 35.2 Å². The van der Waals surface area contributed by atoms with Crippen molar-refractivity contribution in [1.29, 1.82) is 5.26 Å². The summed E-state index contributed by atoms with van der Waals surface area (Å²) in [6.07, 6.45) is 0. The van der Waals surface area contributed by atoms with Gasteiger partial charge in [0.2, 0.25) is 0 Å². The minimum Gasteiger partial charge on any atom is -0.306 e. The van der Waals surface area contributed by atoms with Crippen LogP contribution in [0.15, 0.2) is 48.5 Å². The molecule has 0 aliphatic carbocycles. The van der Waals surface area contributed by atoms with Gasteiger partial charge in [-0.3, -0.25) is 0 Å². The van der Waals surface area contributed by atoms with Crippen LogP contribution in [0.5, 0.6) is 0 Å². The number of rotatable bonds is 4. The van der Waals surface area contributed by atoms with Gasteiger partial charge in [0.05, 0.1) is 11.6 Å². The number of nitrogens with one attached hydrogen (secondary N) is 1. The van der Waals surface area contributed by atoms with Crippen molar-refractivity contribution in [3.8, 4) is 6.07 Å². The third kappa shape index (κ3) is 3.21. The first-order valence-corrected chi connectivity index (χ1v) is 6.49. The molecule has 0 amide bonds. The lowest BCUT2D eigenvalue weighted by atomic mass is 10.0. The highest BCUT2D eigenvalue weighted by atomic mass is 14.9. The van der Waals surface area contributed by atoms with Gasteiger partial charge in [-0.05, 0) is 36.6 Å². The second kappa shape index (κ2) is 6.17. The van der Waals surface area contributed by atoms with Crippen LogP contribution in [0.4, 0.5) is 0 Å². The molecule has 0 saturated carbocycles. The summed E-state index contributed by atoms with van der Waals surface area (Å²) < 4.78 is 0. The number of nitrogens with zero attached hydrogens (tertiary/aromatic N) is 1. The summed E-state index contributed by atoms with van der Waals surface area (Å²) in [6, 6.07) is 18.6. The molecule has 2 aromatic rings. The Balaban J connectivity index is 2.07. The fourth-order valence-electron chi connectivity index (χ4n) is 2.23. The SMILES string of the molecule is Cc1ccccc1C(C)NCc1ccccc1C#N. The van der Waals surface area contributed by atoms with E-state index in [9.17, 15) is 0 Å². The van der Waals surface area contributed by atoms with E-state index in [1.807, 2.05) is 24.3 Å². The van der Waals surface area contributed by atoms with Crippen LogP contribution in [-0.2, 0) is 6.54 Å². The van der Waals surface area contributed by atoms with Gasteiger partial charge in [0, 0.05) is 12.6 Å². The van der Waals surface area contributed by atoms with Crippen molar-refractivity contribution in [2.24, 2.45) is 0 Å². The summed E-state index contributed by atoms with van der Waals surface area (Å²) in [7, 11) is 0. The Morgan fingerprint density at radius 1 is 1.11 bits per heavy atom. The molecule has 96 valence electrons. The van der Waals surface area contributed by atoms with E-state index in [2.05, 4.69) is 49.5 Å². The molecule has 0 saturated heterocycles. The number of nitriles is 1. The van der Waals surface area contributed by atoms with Crippen LogP contribution in [-0.4, -0.2) is 0 Å². The van der Waals surface area contributed by atoms with Crippen LogP contribution < -0.4 is 5.32 Å². The quantitative estimate of drug-likeness (QED) is 0.897. The van der Waals surface area contributed by atoms with Crippen LogP contribution in [0, 0.1) is 18.3 Å². The summed E-state index contributed by atoms with van der Waals surface area (Å²) >= 11 is 0. The van der Waals surface area contributed by atoms with Gasteiger partial charge in [-0.15, -0.1) is 0 Å². The zero-order chi connectivity index (χ0) is 13.7. The maximum absolute atomic E-state index is 9.07. The van der Waals surface area contributed by atoms with Gasteiger partial charge in [0.1, 0.15) is 0 Å². The average molecular weight is 250 g/mol. The smallest absolute Gasteiger partial charge is 0.0995 e. The molecule has 2 nitrogen and oxygen atoms in total. The summed E-state index contributed by atoms with van der Waals surface area (Å²) in [5.41, 5.74) is 4.38. The second-order valence-electron chi connectivity index (χ2n) is 4.73. The molecular weight excluding hydrogens is 232 g/mol. The number of hydrogen-bond acceptors (Lipinski definition) is 2. The molecule has 0 heterocycles. The van der Waals surface area contributed by atoms with E-state index in [1.165, 1.54) is 11.1 Å². The molecule has 0 aliphatic heterocycles. The van der Waals surface area contributed by atoms with E-state index < -0.39 is 0 Å². The van der Waals surface area contributed by atoms with Crippen molar-refractivity contribution < 1.29 is 0 Å². The predicted molar refractivity (Wildman–Crippen MR) is 77.6 cm³/mol. The molecule has 0 aromatic heterocycles. The second-order valence-corrected chi connectivity index (χ2v) is 4.73. The Labute approximate surface area is 114 Å². The van der Waals surface area contributed by atoms with Crippen molar-refractivity contribution in [3.63, 3.8) is 0 Å². The molecule has 1 unspecified atom stereocenters. The van der Waals surface area contributed by atoms with Gasteiger partial charge in [0.15, 0.2) is 0 Å². The average Bonchev–Trinajstić information content (AvgIpc) is 2.45. The highest BCUT2D eigenvalue weighted by Crippen LogP contribution is 2.17. The maximum Gasteiger partial charge on any atom is 0.0995 e. The Hall–Kier alpha value is -2.11. The molecule has 0 fully saturated rings. The van der Waals surface area contributed by atoms with E-state index >= 15 is 0 Å². The molecule has 2 aromatic carbocycles. The van der Waals surface area contributed by atoms with E-state index in [-0.39, 0.29) is 6.04 Å². The largest absolute Gasteiger partial charge is 0.306 e. The van der Waals surface area contributed by atoms with Crippen molar-refractivity contribution >= 4 is 0 Å². The van der Waals surface area contributed by atoms with Gasteiger partial charge in [-0.1, -0.05) is 42.5 Å². The van der Waals surface area contributed by atoms with Gasteiger partial charge < -0.3 is 5.32 Å². The molecule has 0 radical (unpaired) electrons. The minimum atomic E-state index is 0.271. The van der Waals surface area contributed by atoms with Gasteiger partial charge >= 0.3 is 0 Å². The van der Waals surface area contributed by atoms with Crippen molar-refractivity contribution in [2.45, 2.75) is 26.4 Å². The molecule has 1 atom stereocenters. The van der Waals surface area contributed by atoms with Crippen LogP contribution in [0.25, 0.3) is 0 Å². The Morgan fingerprint density at radius 2 is 1.79 bits per heavy atom. The number of benzene rings is 2. The fraction of sp³-hybridized carbons (Fsp3) is 0.235. The first-order valence-electron chi connectivity index (χ1n) is 6.49. The van der Waals surface area contributed by atoms with Crippen molar-refractivity contribution in [2.75, 3.05) is 0 Å². The molecular formula is C17H18N2. The minimum absolute atomic E-state index is 0.271. The van der Waals surface area contributed by atoms with Crippen LogP contribution in [0.2, 0.25) is 0 Å². The third-order valence-electron chi connectivity index (χ3n) is 3.39. The Kier molecular flexibility index (Phi) is 4.33. The molecule has 0 aliphatic rings. The highest BCUT2D eigenvalue weighted by Gasteiger charge is 2.08. The standard InChI is InChI=1S/C17H18N2/c1-13-7-3-6-10-17(13)14(2)19-12-16-9-5-4-8-15(16)11-18/h3-10,14,19H,12H2,1-2H3. The lowest BCUT2D eigenvalue weighted by Crippen LogP contribution is -2.19. The van der Waals surface area contributed by atoms with Crippen LogP contribution >= 0.6 is 0 Å². The molecule has 2 heteroatoms. The first-order chi connectivity index (χ1) is 9.22. The molecule has 1 N–H and O–H groups in total. The van der Waals surface area contributed by atoms with Crippen molar-refractivity contribution in [1.82, 2.24) is 5.32 Å². The predicted octanol–water partition coefficient (Wildman–Crippen LogP) is 3.72. The lowest BCUT2D eigenvalue weighted by Gasteiger charge is -2.17. The van der Waals surface area contributed by atoms with Gasteiger partial charge in [-0.2, -0.15) is 5.26 Å². The van der Waals surface area contributed by atoms with Gasteiger partial charge in [-0.25, -0.2) is 0 Å². The zero-order valence-electron chi connectivity index (χ0n) is 11.4. The molecule has 2 rings (SSSR count). The normalized spacial score (nSPS) is 11.8. The fourth-order valence-corrected chi connectivity index (χ4v) is 2.23. The summed E-state index contributed by atoms with van der Waals surface area (Å²) in [6.45, 7) is 4.98. The lowest BCUT2D eigenvalue weighted by molar-refractivity contribution is 0.572. The summed E-state index contributed by atoms with van der Waals surface area (Å²) in [4.78, 5) is 0. The summed E-state index contributed by atoms with van der Waals surface area (Å²) in [5.74, 6) is 0. The van der Waals surface area contributed by atoms with Crippen molar-refractivity contribution in [3.05, 3.63) is 70.8 Å². The topological polar surface area (TPSA) is 35.8 Å². The van der Waals surface area contributed by atoms with E-state index in [4.69, 9.17) is 5.26 Å². The number of aryl methyl sites for hydroxylation is 1. The Bertz CT molecular complexity index is 596. The summed E-state index contributed by atoms with van der Waals surface area (Å²) in [5, 5.41) is 12.5. The highest BCUT2D eigenvalue weighted by molar-refractivity contribution is 5.37. The van der Waals surface area contributed by atoms with E-state index in [1.54, 1.807) is 0 Å². The monoisotopic (exact) mass is 250 g/mol. The number of hydrogen-bond donors (Lipinski definition) is 1. The third-order valence-corrected chi connectivity index (χ3v) is 3.39. The van der Waals surface area contributed by atoms with E-state index in [0.717, 1.165) is 11.1 Å². The van der Waals surface area contributed by atoms with Crippen LogP contribution in [0.3, 0.4) is 0 Å². The first kappa shape index (κ1) is 13.3. The maximum atomic E-state index is 9.07. The van der Waals surface area contributed by atoms with Gasteiger partial charge in [0.25, 0.3) is 0 Å². The molecule has 0 spiro atoms.